The average molecular weight is 355 g/mol. The van der Waals surface area contributed by atoms with Gasteiger partial charge in [0.15, 0.2) is 0 Å². The lowest BCUT2D eigenvalue weighted by molar-refractivity contribution is 0.00833. The Balaban J connectivity index is 1.73. The molecule has 0 saturated carbocycles. The number of methoxy groups -OCH3 is 1. The van der Waals surface area contributed by atoms with Crippen LogP contribution in [0.25, 0.3) is 0 Å². The van der Waals surface area contributed by atoms with Gasteiger partial charge in [-0.05, 0) is 24.9 Å². The number of fused-ring (bicyclic) bond motifs is 1. The predicted octanol–water partition coefficient (Wildman–Crippen LogP) is 0.166. The molecule has 3 rings (SSSR count). The van der Waals surface area contributed by atoms with E-state index >= 15 is 0 Å². The number of pyridine rings is 1. The molecule has 24 heavy (non-hydrogen) atoms. The molecule has 0 amide bonds. The van der Waals surface area contributed by atoms with Crippen molar-refractivity contribution < 1.29 is 18.3 Å². The number of likely N-dealkylation sites (tertiary alicyclic amines) is 1. The molecule has 2 aliphatic rings. The fraction of sp³-hybridized carbons (Fsp3) is 0.688. The molecule has 2 aliphatic heterocycles. The monoisotopic (exact) mass is 355 g/mol. The van der Waals surface area contributed by atoms with E-state index in [-0.39, 0.29) is 17.9 Å². The van der Waals surface area contributed by atoms with Gasteiger partial charge in [0.05, 0.1) is 25.7 Å². The van der Waals surface area contributed by atoms with E-state index in [1.165, 1.54) is 10.6 Å². The fourth-order valence-corrected chi connectivity index (χ4v) is 4.87. The average Bonchev–Trinajstić information content (AvgIpc) is 2.95. The van der Waals surface area contributed by atoms with Gasteiger partial charge in [-0.15, -0.1) is 0 Å². The third kappa shape index (κ3) is 3.42. The standard InChI is InChI=1S/C16H25N3O4S/c1-23-15-5-3-4-14(17-15)9-18-7-6-13-8-19(24(2,21)22)11-16(13,10-18)12-20/h3-5,13,20H,6-12H2,1-2H3/t13-,16+/m1/s1. The molecule has 3 heterocycles. The van der Waals surface area contributed by atoms with Gasteiger partial charge in [-0.3, -0.25) is 4.90 Å². The molecule has 0 spiro atoms. The molecule has 1 aromatic heterocycles. The first kappa shape index (κ1) is 17.6. The third-order valence-corrected chi connectivity index (χ3v) is 6.49. The lowest BCUT2D eigenvalue weighted by Crippen LogP contribution is -2.50. The summed E-state index contributed by atoms with van der Waals surface area (Å²) in [5, 5.41) is 10.0. The zero-order chi connectivity index (χ0) is 17.4. The molecule has 1 N–H and O–H groups in total. The van der Waals surface area contributed by atoms with E-state index in [0.29, 0.717) is 32.1 Å². The highest BCUT2D eigenvalue weighted by molar-refractivity contribution is 7.88. The highest BCUT2D eigenvalue weighted by Crippen LogP contribution is 2.42. The van der Waals surface area contributed by atoms with Crippen LogP contribution in [0.5, 0.6) is 5.88 Å². The first-order valence-electron chi connectivity index (χ1n) is 8.14. The number of hydrogen-bond donors (Lipinski definition) is 1. The summed E-state index contributed by atoms with van der Waals surface area (Å²) >= 11 is 0. The molecule has 0 bridgehead atoms. The Morgan fingerprint density at radius 1 is 1.42 bits per heavy atom. The molecule has 0 unspecified atom stereocenters. The maximum absolute atomic E-state index is 11.9. The van der Waals surface area contributed by atoms with Gasteiger partial charge in [-0.25, -0.2) is 17.7 Å². The van der Waals surface area contributed by atoms with Crippen LogP contribution in [0.15, 0.2) is 18.2 Å². The molecule has 2 atom stereocenters. The Bertz CT molecular complexity index is 696. The van der Waals surface area contributed by atoms with E-state index in [1.54, 1.807) is 7.11 Å². The van der Waals surface area contributed by atoms with Gasteiger partial charge in [0, 0.05) is 37.7 Å². The van der Waals surface area contributed by atoms with Crippen molar-refractivity contribution >= 4 is 10.0 Å². The molecular weight excluding hydrogens is 330 g/mol. The van der Waals surface area contributed by atoms with Crippen molar-refractivity contribution in [1.29, 1.82) is 0 Å². The van der Waals surface area contributed by atoms with Crippen molar-refractivity contribution in [1.82, 2.24) is 14.2 Å². The van der Waals surface area contributed by atoms with E-state index < -0.39 is 10.0 Å². The first-order valence-corrected chi connectivity index (χ1v) is 9.99. The van der Waals surface area contributed by atoms with Crippen molar-refractivity contribution in [2.24, 2.45) is 11.3 Å². The van der Waals surface area contributed by atoms with Crippen LogP contribution in [0.2, 0.25) is 0 Å². The summed E-state index contributed by atoms with van der Waals surface area (Å²) < 4.78 is 30.4. The molecule has 0 radical (unpaired) electrons. The Morgan fingerprint density at radius 2 is 2.21 bits per heavy atom. The molecule has 0 aromatic carbocycles. The zero-order valence-electron chi connectivity index (χ0n) is 14.2. The molecule has 2 fully saturated rings. The van der Waals surface area contributed by atoms with Crippen molar-refractivity contribution in [3.05, 3.63) is 23.9 Å². The second-order valence-corrected chi connectivity index (χ2v) is 8.93. The largest absolute Gasteiger partial charge is 0.481 e. The normalized spacial score (nSPS) is 28.7. The van der Waals surface area contributed by atoms with E-state index in [9.17, 15) is 13.5 Å². The first-order chi connectivity index (χ1) is 11.4. The highest BCUT2D eigenvalue weighted by Gasteiger charge is 2.51. The highest BCUT2D eigenvalue weighted by atomic mass is 32.2. The van der Waals surface area contributed by atoms with Crippen LogP contribution in [-0.4, -0.2) is 73.9 Å². The van der Waals surface area contributed by atoms with Gasteiger partial charge < -0.3 is 9.84 Å². The van der Waals surface area contributed by atoms with E-state index in [4.69, 9.17) is 4.74 Å². The topological polar surface area (TPSA) is 83.0 Å². The smallest absolute Gasteiger partial charge is 0.213 e. The summed E-state index contributed by atoms with van der Waals surface area (Å²) in [6.45, 7) is 3.15. The van der Waals surface area contributed by atoms with Crippen LogP contribution >= 0.6 is 0 Å². The summed E-state index contributed by atoms with van der Waals surface area (Å²) in [6, 6.07) is 5.68. The molecular formula is C16H25N3O4S. The van der Waals surface area contributed by atoms with Gasteiger partial charge in [0.1, 0.15) is 0 Å². The lowest BCUT2D eigenvalue weighted by atomic mass is 9.74. The fourth-order valence-electron chi connectivity index (χ4n) is 3.93. The molecule has 2 saturated heterocycles. The summed E-state index contributed by atoms with van der Waals surface area (Å²) in [5.74, 6) is 0.801. The van der Waals surface area contributed by atoms with Crippen LogP contribution in [0.1, 0.15) is 12.1 Å². The molecule has 7 nitrogen and oxygen atoms in total. The van der Waals surface area contributed by atoms with E-state index in [1.807, 2.05) is 18.2 Å². The Morgan fingerprint density at radius 3 is 2.88 bits per heavy atom. The minimum absolute atomic E-state index is 0.00568. The number of hydrogen-bond acceptors (Lipinski definition) is 6. The Labute approximate surface area is 143 Å². The molecule has 134 valence electrons. The van der Waals surface area contributed by atoms with Crippen LogP contribution in [0, 0.1) is 11.3 Å². The minimum atomic E-state index is -3.22. The van der Waals surface area contributed by atoms with Crippen LogP contribution in [-0.2, 0) is 16.6 Å². The summed E-state index contributed by atoms with van der Waals surface area (Å²) in [6.07, 6.45) is 2.13. The summed E-state index contributed by atoms with van der Waals surface area (Å²) in [5.41, 5.74) is 0.541. The van der Waals surface area contributed by atoms with Gasteiger partial charge in [0.2, 0.25) is 15.9 Å². The van der Waals surface area contributed by atoms with Crippen LogP contribution < -0.4 is 4.74 Å². The summed E-state index contributed by atoms with van der Waals surface area (Å²) in [4.78, 5) is 6.69. The predicted molar refractivity (Wildman–Crippen MR) is 90.1 cm³/mol. The maximum atomic E-state index is 11.9. The number of aliphatic hydroxyl groups excluding tert-OH is 1. The number of rotatable bonds is 5. The third-order valence-electron chi connectivity index (χ3n) is 5.27. The number of aromatic nitrogens is 1. The second-order valence-electron chi connectivity index (χ2n) is 6.94. The number of nitrogens with zero attached hydrogens (tertiary/aromatic N) is 3. The van der Waals surface area contributed by atoms with E-state index in [0.717, 1.165) is 18.7 Å². The van der Waals surface area contributed by atoms with Crippen LogP contribution in [0.3, 0.4) is 0 Å². The van der Waals surface area contributed by atoms with Gasteiger partial charge >= 0.3 is 0 Å². The maximum Gasteiger partial charge on any atom is 0.213 e. The minimum Gasteiger partial charge on any atom is -0.481 e. The summed E-state index contributed by atoms with van der Waals surface area (Å²) in [7, 11) is -1.63. The van der Waals surface area contributed by atoms with Crippen molar-refractivity contribution in [3.8, 4) is 5.88 Å². The lowest BCUT2D eigenvalue weighted by Gasteiger charge is -2.43. The second kappa shape index (κ2) is 6.59. The van der Waals surface area contributed by atoms with Gasteiger partial charge in [0.25, 0.3) is 0 Å². The number of ether oxygens (including phenoxy) is 1. The molecule has 0 aliphatic carbocycles. The van der Waals surface area contributed by atoms with Crippen molar-refractivity contribution in [2.45, 2.75) is 13.0 Å². The number of sulfonamides is 1. The number of aliphatic hydroxyl groups is 1. The van der Waals surface area contributed by atoms with Crippen molar-refractivity contribution in [2.75, 3.05) is 46.2 Å². The molecule has 1 aromatic rings. The Hall–Kier alpha value is -1.22. The number of piperidine rings is 1. The molecule has 8 heteroatoms. The van der Waals surface area contributed by atoms with Crippen LogP contribution in [0.4, 0.5) is 0 Å². The zero-order valence-corrected chi connectivity index (χ0v) is 15.0. The quantitative estimate of drug-likeness (QED) is 0.811. The van der Waals surface area contributed by atoms with Crippen molar-refractivity contribution in [3.63, 3.8) is 0 Å². The van der Waals surface area contributed by atoms with Gasteiger partial charge in [-0.2, -0.15) is 0 Å². The SMILES string of the molecule is COc1cccc(CN2CC[C@@H]3CN(S(C)(=O)=O)C[C@]3(CO)C2)n1. The van der Waals surface area contributed by atoms with Gasteiger partial charge in [-0.1, -0.05) is 6.07 Å². The Kier molecular flexibility index (Phi) is 4.83. The van der Waals surface area contributed by atoms with E-state index in [2.05, 4.69) is 9.88 Å².